The maximum Gasteiger partial charge on any atom is 1.00 e. The molecule has 0 saturated carbocycles. The SMILES string of the molecule is CCCCCCCCCCCCCCCCC(=O)OC[C@H](COP(=O)([O-])OCC(O)CO)OC(=O)CCCCCCCCCCCCCCCC.[Na+]. The Hall–Kier alpha value is -0.0300. The van der Waals surface area contributed by atoms with Crippen LogP contribution in [0.1, 0.15) is 206 Å². The van der Waals surface area contributed by atoms with E-state index in [-0.39, 0.29) is 49.0 Å². The van der Waals surface area contributed by atoms with Gasteiger partial charge in [0.05, 0.1) is 19.8 Å². The summed E-state index contributed by atoms with van der Waals surface area (Å²) in [6.45, 7) is 2.22. The Bertz CT molecular complexity index is 834. The molecule has 0 bridgehead atoms. The summed E-state index contributed by atoms with van der Waals surface area (Å²) in [4.78, 5) is 37.0. The van der Waals surface area contributed by atoms with E-state index in [0.29, 0.717) is 12.8 Å². The Morgan fingerprint density at radius 1 is 0.538 bits per heavy atom. The molecular weight excluding hydrogens is 694 g/mol. The normalized spacial score (nSPS) is 13.6. The molecule has 0 rings (SSSR count). The van der Waals surface area contributed by atoms with Gasteiger partial charge in [-0.1, -0.05) is 181 Å². The van der Waals surface area contributed by atoms with Gasteiger partial charge in [-0.05, 0) is 12.8 Å². The molecule has 0 heterocycles. The standard InChI is InChI=1S/C40H79O10P.Na/c1-3-5-7-9-11-13-15-17-19-21-23-25-27-29-31-39(43)47-35-38(36-49-51(45,46)48-34-37(42)33-41)50-40(44)32-30-28-26-24-22-20-18-16-14-12-10-8-6-4-2;/h37-38,41-42H,3-36H2,1-2H3,(H,45,46);/q;+1/p-1/t37?,38-;/m1./s1. The first-order valence-corrected chi connectivity index (χ1v) is 22.4. The van der Waals surface area contributed by atoms with E-state index >= 15 is 0 Å². The average molecular weight is 773 g/mol. The van der Waals surface area contributed by atoms with E-state index in [0.717, 1.165) is 38.5 Å². The van der Waals surface area contributed by atoms with Crippen molar-refractivity contribution in [3.63, 3.8) is 0 Å². The summed E-state index contributed by atoms with van der Waals surface area (Å²) in [5.74, 6) is -0.947. The van der Waals surface area contributed by atoms with Gasteiger partial charge in [-0.3, -0.25) is 14.2 Å². The fourth-order valence-electron chi connectivity index (χ4n) is 5.99. The number of esters is 2. The van der Waals surface area contributed by atoms with Crippen molar-refractivity contribution in [3.8, 4) is 0 Å². The first-order valence-electron chi connectivity index (χ1n) is 21.0. The molecule has 0 spiro atoms. The molecule has 0 amide bonds. The first-order chi connectivity index (χ1) is 24.7. The summed E-state index contributed by atoms with van der Waals surface area (Å²) in [7, 11) is -4.85. The Morgan fingerprint density at radius 3 is 1.23 bits per heavy atom. The first kappa shape index (κ1) is 54.1. The van der Waals surface area contributed by atoms with Crippen LogP contribution in [0.15, 0.2) is 0 Å². The number of unbranched alkanes of at least 4 members (excludes halogenated alkanes) is 26. The van der Waals surface area contributed by atoms with Crippen molar-refractivity contribution in [2.45, 2.75) is 219 Å². The molecule has 0 fully saturated rings. The summed E-state index contributed by atoms with van der Waals surface area (Å²) in [5, 5.41) is 18.2. The fraction of sp³-hybridized carbons (Fsp3) is 0.950. The van der Waals surface area contributed by atoms with Crippen molar-refractivity contribution in [1.29, 1.82) is 0 Å². The monoisotopic (exact) mass is 773 g/mol. The minimum atomic E-state index is -4.85. The van der Waals surface area contributed by atoms with Crippen LogP contribution in [-0.2, 0) is 32.7 Å². The fourth-order valence-corrected chi connectivity index (χ4v) is 6.77. The molecule has 0 aliphatic heterocycles. The van der Waals surface area contributed by atoms with Crippen molar-refractivity contribution in [2.75, 3.05) is 26.4 Å². The number of carbonyl (C=O) groups excluding carboxylic acids is 2. The summed E-state index contributed by atoms with van der Waals surface area (Å²) in [6, 6.07) is 0. The molecule has 0 radical (unpaired) electrons. The van der Waals surface area contributed by atoms with Crippen LogP contribution in [0, 0.1) is 0 Å². The summed E-state index contributed by atoms with van der Waals surface area (Å²) < 4.78 is 32.3. The summed E-state index contributed by atoms with van der Waals surface area (Å²) in [6.07, 6.45) is 31.8. The van der Waals surface area contributed by atoms with Gasteiger partial charge in [0.2, 0.25) is 0 Å². The maximum absolute atomic E-state index is 12.6. The van der Waals surface area contributed by atoms with Crippen LogP contribution in [-0.4, -0.2) is 60.8 Å². The molecule has 0 aromatic carbocycles. The van der Waals surface area contributed by atoms with Gasteiger partial charge < -0.3 is 33.6 Å². The molecule has 10 nitrogen and oxygen atoms in total. The number of hydrogen-bond donors (Lipinski definition) is 2. The second-order valence-corrected chi connectivity index (χ2v) is 15.8. The quantitative estimate of drug-likeness (QED) is 0.0287. The number of aliphatic hydroxyl groups is 2. The van der Waals surface area contributed by atoms with Crippen LogP contribution >= 0.6 is 7.82 Å². The van der Waals surface area contributed by atoms with Crippen LogP contribution in [0.5, 0.6) is 0 Å². The van der Waals surface area contributed by atoms with Gasteiger partial charge in [0.25, 0.3) is 7.82 Å². The molecule has 0 aromatic rings. The van der Waals surface area contributed by atoms with Crippen molar-refractivity contribution in [2.24, 2.45) is 0 Å². The van der Waals surface area contributed by atoms with Gasteiger partial charge in [0.15, 0.2) is 6.10 Å². The molecule has 2 unspecified atom stereocenters. The number of ether oxygens (including phenoxy) is 2. The predicted octanol–water partition coefficient (Wildman–Crippen LogP) is 7.04. The number of carbonyl (C=O) groups is 2. The van der Waals surface area contributed by atoms with E-state index in [4.69, 9.17) is 19.1 Å². The molecule has 52 heavy (non-hydrogen) atoms. The number of phosphoric acid groups is 1. The second-order valence-electron chi connectivity index (χ2n) is 14.4. The summed E-state index contributed by atoms with van der Waals surface area (Å²) >= 11 is 0. The van der Waals surface area contributed by atoms with Gasteiger partial charge in [0, 0.05) is 12.8 Å². The molecule has 0 saturated heterocycles. The molecule has 304 valence electrons. The molecule has 0 aromatic heterocycles. The number of aliphatic hydroxyl groups excluding tert-OH is 2. The molecule has 12 heteroatoms. The minimum absolute atomic E-state index is 0. The second kappa shape index (κ2) is 40.6. The zero-order valence-electron chi connectivity index (χ0n) is 33.8. The average Bonchev–Trinajstić information content (AvgIpc) is 3.12. The third kappa shape index (κ3) is 39.7. The van der Waals surface area contributed by atoms with Crippen molar-refractivity contribution < 1.29 is 77.3 Å². The summed E-state index contributed by atoms with van der Waals surface area (Å²) in [5.41, 5.74) is 0. The van der Waals surface area contributed by atoms with E-state index in [1.807, 2.05) is 0 Å². The molecule has 3 atom stereocenters. The largest absolute Gasteiger partial charge is 1.00 e. The zero-order valence-corrected chi connectivity index (χ0v) is 36.7. The third-order valence-corrected chi connectivity index (χ3v) is 10.2. The van der Waals surface area contributed by atoms with Gasteiger partial charge >= 0.3 is 41.5 Å². The Balaban J connectivity index is 0. The van der Waals surface area contributed by atoms with E-state index in [1.54, 1.807) is 0 Å². The number of phosphoric ester groups is 1. The Morgan fingerprint density at radius 2 is 0.865 bits per heavy atom. The van der Waals surface area contributed by atoms with Crippen LogP contribution in [0.4, 0.5) is 0 Å². The number of rotatable bonds is 40. The Labute approximate surface area is 340 Å². The van der Waals surface area contributed by atoms with E-state index in [9.17, 15) is 24.2 Å². The van der Waals surface area contributed by atoms with Crippen molar-refractivity contribution in [3.05, 3.63) is 0 Å². The van der Waals surface area contributed by atoms with Crippen LogP contribution in [0.3, 0.4) is 0 Å². The van der Waals surface area contributed by atoms with Gasteiger partial charge in [-0.2, -0.15) is 0 Å². The third-order valence-electron chi connectivity index (χ3n) is 9.25. The smallest absolute Gasteiger partial charge is 0.756 e. The molecule has 0 aliphatic carbocycles. The van der Waals surface area contributed by atoms with Gasteiger partial charge in [-0.15, -0.1) is 0 Å². The Kier molecular flexibility index (Phi) is 42.2. The number of hydrogen-bond acceptors (Lipinski definition) is 10. The molecular formula is C40H78NaO10P. The maximum atomic E-state index is 12.6. The molecule has 2 N–H and O–H groups in total. The zero-order chi connectivity index (χ0) is 37.7. The van der Waals surface area contributed by atoms with E-state index in [1.165, 1.54) is 128 Å². The van der Waals surface area contributed by atoms with Crippen LogP contribution in [0.2, 0.25) is 0 Å². The minimum Gasteiger partial charge on any atom is -0.756 e. The van der Waals surface area contributed by atoms with Gasteiger partial charge in [0.1, 0.15) is 12.7 Å². The molecule has 0 aliphatic rings. The van der Waals surface area contributed by atoms with E-state index < -0.39 is 51.8 Å². The van der Waals surface area contributed by atoms with E-state index in [2.05, 4.69) is 18.4 Å². The van der Waals surface area contributed by atoms with Crippen LogP contribution in [0.25, 0.3) is 0 Å². The van der Waals surface area contributed by atoms with Crippen LogP contribution < -0.4 is 34.5 Å². The van der Waals surface area contributed by atoms with Crippen molar-refractivity contribution >= 4 is 19.8 Å². The predicted molar refractivity (Wildman–Crippen MR) is 203 cm³/mol. The van der Waals surface area contributed by atoms with Crippen molar-refractivity contribution in [1.82, 2.24) is 0 Å². The topological polar surface area (TPSA) is 152 Å². The van der Waals surface area contributed by atoms with Gasteiger partial charge in [-0.25, -0.2) is 0 Å².